The van der Waals surface area contributed by atoms with Crippen LogP contribution in [-0.4, -0.2) is 63.3 Å². The van der Waals surface area contributed by atoms with Crippen LogP contribution in [0, 0.1) is 51.2 Å². The number of carbonyl (C=O) groups is 4. The number of carbonyl (C=O) groups excluding carboxylic acids is 3. The summed E-state index contributed by atoms with van der Waals surface area (Å²) in [7, 11) is 0. The van der Waals surface area contributed by atoms with E-state index in [4.69, 9.17) is 19.3 Å². The van der Waals surface area contributed by atoms with Gasteiger partial charge in [-0.05, 0) is 130 Å². The van der Waals surface area contributed by atoms with Crippen LogP contribution in [0.1, 0.15) is 139 Å². The van der Waals surface area contributed by atoms with Crippen molar-refractivity contribution in [3.05, 3.63) is 0 Å². The number of ether oxygens (including phenoxy) is 3. The molecule has 0 heterocycles. The topological polar surface area (TPSA) is 157 Å². The minimum absolute atomic E-state index is 0.0819. The van der Waals surface area contributed by atoms with Gasteiger partial charge in [0.15, 0.2) is 0 Å². The van der Waals surface area contributed by atoms with E-state index in [-0.39, 0.29) is 35.2 Å². The number of fused-ring (bicyclic) bond motifs is 5. The fraction of sp³-hybridized carbons (Fsp3) is 0.895. The maximum atomic E-state index is 13.6. The summed E-state index contributed by atoms with van der Waals surface area (Å²) in [4.78, 5) is 48.3. The molecule has 4 rings (SSSR count). The molecule has 0 aromatic rings. The minimum Gasteiger partial charge on any atom is -0.481 e. The van der Waals surface area contributed by atoms with Gasteiger partial charge in [-0.2, -0.15) is 0 Å². The van der Waals surface area contributed by atoms with Crippen LogP contribution < -0.4 is 0 Å². The number of esters is 3. The van der Waals surface area contributed by atoms with Gasteiger partial charge in [0, 0.05) is 20.8 Å². The molecule has 48 heavy (non-hydrogen) atoms. The van der Waals surface area contributed by atoms with E-state index in [0.29, 0.717) is 36.0 Å². The lowest BCUT2D eigenvalue weighted by Crippen LogP contribution is -2.56. The molecule has 0 aliphatic heterocycles. The van der Waals surface area contributed by atoms with Crippen molar-refractivity contribution in [3.8, 4) is 0 Å². The normalized spacial score (nSPS) is 34.9. The van der Waals surface area contributed by atoms with Crippen LogP contribution in [0.4, 0.5) is 0 Å². The zero-order valence-electron chi connectivity index (χ0n) is 30.8. The van der Waals surface area contributed by atoms with Crippen molar-refractivity contribution in [3.63, 3.8) is 0 Å². The Balaban J connectivity index is 1.41. The van der Waals surface area contributed by atoms with Crippen molar-refractivity contribution in [2.75, 3.05) is 0 Å². The fourth-order valence-corrected chi connectivity index (χ4v) is 11.3. The number of aliphatic hydroxyl groups is 2. The third-order valence-corrected chi connectivity index (χ3v) is 13.9. The highest BCUT2D eigenvalue weighted by Gasteiger charge is 2.62. The molecule has 0 bridgehead atoms. The van der Waals surface area contributed by atoms with E-state index < -0.39 is 47.3 Å². The van der Waals surface area contributed by atoms with Gasteiger partial charge in [0.25, 0.3) is 5.79 Å². The molecule has 0 saturated heterocycles. The summed E-state index contributed by atoms with van der Waals surface area (Å²) in [5.74, 6) is -1.98. The summed E-state index contributed by atoms with van der Waals surface area (Å²) in [5.41, 5.74) is -1.23. The van der Waals surface area contributed by atoms with E-state index in [2.05, 4.69) is 27.7 Å². The first-order valence-corrected chi connectivity index (χ1v) is 18.2. The highest BCUT2D eigenvalue weighted by Crippen LogP contribution is 2.69. The number of aliphatic carboxylic acids is 1. The first kappa shape index (κ1) is 38.6. The maximum absolute atomic E-state index is 13.6. The predicted molar refractivity (Wildman–Crippen MR) is 178 cm³/mol. The number of carboxylic acid groups (broad SMARTS) is 1. The van der Waals surface area contributed by atoms with Gasteiger partial charge < -0.3 is 29.5 Å². The number of hydrogen-bond donors (Lipinski definition) is 3. The Labute approximate surface area is 287 Å². The summed E-state index contributed by atoms with van der Waals surface area (Å²) in [5, 5.41) is 30.0. The van der Waals surface area contributed by atoms with Crippen molar-refractivity contribution in [1.29, 1.82) is 0 Å². The summed E-state index contributed by atoms with van der Waals surface area (Å²) in [6, 6.07) is 0. The van der Waals surface area contributed by atoms with Gasteiger partial charge in [0.05, 0.1) is 18.6 Å². The van der Waals surface area contributed by atoms with Crippen LogP contribution in [0.3, 0.4) is 0 Å². The number of hydrogen-bond acceptors (Lipinski definition) is 9. The van der Waals surface area contributed by atoms with Crippen LogP contribution in [-0.2, 0) is 33.4 Å². The van der Waals surface area contributed by atoms with Gasteiger partial charge in [0.1, 0.15) is 11.5 Å². The number of rotatable bonds is 12. The third-order valence-electron chi connectivity index (χ3n) is 13.9. The van der Waals surface area contributed by atoms with Crippen LogP contribution >= 0.6 is 0 Å². The van der Waals surface area contributed by atoms with Crippen molar-refractivity contribution in [2.24, 2.45) is 51.2 Å². The van der Waals surface area contributed by atoms with Crippen LogP contribution in [0.5, 0.6) is 0 Å². The molecule has 4 aliphatic rings. The first-order chi connectivity index (χ1) is 22.1. The zero-order chi connectivity index (χ0) is 36.0. The molecular weight excluding hydrogens is 616 g/mol. The summed E-state index contributed by atoms with van der Waals surface area (Å²) < 4.78 is 16.9. The highest BCUT2D eigenvalue weighted by atomic mass is 16.7. The second-order valence-electron chi connectivity index (χ2n) is 17.7. The molecule has 0 radical (unpaired) electrons. The maximum Gasteiger partial charge on any atom is 0.319 e. The molecule has 274 valence electrons. The summed E-state index contributed by atoms with van der Waals surface area (Å²) in [6.07, 6.45) is 7.63. The smallest absolute Gasteiger partial charge is 0.319 e. The van der Waals surface area contributed by atoms with Crippen molar-refractivity contribution in [1.82, 2.24) is 0 Å². The average Bonchev–Trinajstić information content (AvgIpc) is 3.29. The van der Waals surface area contributed by atoms with E-state index in [0.717, 1.165) is 51.4 Å². The summed E-state index contributed by atoms with van der Waals surface area (Å²) in [6.45, 7) is 16.4. The van der Waals surface area contributed by atoms with Crippen LogP contribution in [0.15, 0.2) is 0 Å². The lowest BCUT2D eigenvalue weighted by atomic mass is 9.44. The van der Waals surface area contributed by atoms with E-state index in [1.54, 1.807) is 13.8 Å². The van der Waals surface area contributed by atoms with Crippen molar-refractivity contribution < 1.29 is 48.7 Å². The quantitative estimate of drug-likeness (QED) is 0.155. The molecule has 10 nitrogen and oxygen atoms in total. The Morgan fingerprint density at radius 2 is 1.38 bits per heavy atom. The Morgan fingerprint density at radius 1 is 0.792 bits per heavy atom. The van der Waals surface area contributed by atoms with Crippen LogP contribution in [0.2, 0.25) is 0 Å². The zero-order valence-corrected chi connectivity index (χ0v) is 30.8. The van der Waals surface area contributed by atoms with Crippen molar-refractivity contribution in [2.45, 2.75) is 163 Å². The number of carboxylic acids is 1. The van der Waals surface area contributed by atoms with Gasteiger partial charge in [0.2, 0.25) is 0 Å². The van der Waals surface area contributed by atoms with E-state index in [1.807, 2.05) is 0 Å². The minimum atomic E-state index is -1.80. The monoisotopic (exact) mass is 678 g/mol. The second-order valence-corrected chi connectivity index (χ2v) is 17.7. The Morgan fingerprint density at radius 3 is 1.96 bits per heavy atom. The molecule has 10 heteroatoms. The van der Waals surface area contributed by atoms with Crippen molar-refractivity contribution >= 4 is 23.9 Å². The molecule has 4 aliphatic carbocycles. The standard InChI is InChI=1S/C38H62O10/c1-22(39)47-38(9,48-23(2)40)35(5,6)33(45)46-27-14-16-36(7)24(18-27)10-11-28-29-12-13-31(37(29,8)17-15-30(28)36)34(3,4)21-26(42)19-25(41)20-32(43)44/h24-31,41-42H,10-21H2,1-9H3,(H,43,44)/t24?,25?,26-,27+,28?,29?,30?,31+,36-,37-/m0/s1. The van der Waals surface area contributed by atoms with Gasteiger partial charge in [-0.1, -0.05) is 27.7 Å². The molecule has 4 saturated carbocycles. The van der Waals surface area contributed by atoms with Gasteiger partial charge in [-0.15, -0.1) is 0 Å². The molecule has 0 aromatic carbocycles. The fourth-order valence-electron chi connectivity index (χ4n) is 11.3. The Kier molecular flexibility index (Phi) is 11.1. The largest absolute Gasteiger partial charge is 0.481 e. The number of aliphatic hydroxyl groups excluding tert-OH is 2. The third kappa shape index (κ3) is 7.45. The molecule has 0 aromatic heterocycles. The molecular formula is C38H62O10. The lowest BCUT2D eigenvalue weighted by Gasteiger charge is -2.62. The Hall–Kier alpha value is -2.20. The molecule has 3 N–H and O–H groups in total. The lowest BCUT2D eigenvalue weighted by molar-refractivity contribution is -0.260. The van der Waals surface area contributed by atoms with Crippen LogP contribution in [0.25, 0.3) is 0 Å². The first-order valence-electron chi connectivity index (χ1n) is 18.2. The molecule has 10 atom stereocenters. The second kappa shape index (κ2) is 13.8. The van der Waals surface area contributed by atoms with Gasteiger partial charge >= 0.3 is 23.9 Å². The molecule has 5 unspecified atom stereocenters. The average molecular weight is 679 g/mol. The molecule has 0 spiro atoms. The molecule has 0 amide bonds. The SMILES string of the molecule is CC(=O)OC(C)(OC(C)=O)C(C)(C)C(=O)O[C@@H]1CC[C@@]2(C)C(CCC3C2CC[C@@]2(C)C3CC[C@@H]2C(C)(C)C[C@@H](O)CC(O)CC(=O)O)C1. The highest BCUT2D eigenvalue weighted by molar-refractivity contribution is 5.79. The van der Waals surface area contributed by atoms with E-state index >= 15 is 0 Å². The van der Waals surface area contributed by atoms with E-state index in [9.17, 15) is 29.4 Å². The van der Waals surface area contributed by atoms with Gasteiger partial charge in [-0.25, -0.2) is 0 Å². The summed E-state index contributed by atoms with van der Waals surface area (Å²) >= 11 is 0. The van der Waals surface area contributed by atoms with Gasteiger partial charge in [-0.3, -0.25) is 19.2 Å². The predicted octanol–water partition coefficient (Wildman–Crippen LogP) is 6.43. The molecule has 4 fully saturated rings. The Bertz CT molecular complexity index is 1210. The van der Waals surface area contributed by atoms with E-state index in [1.165, 1.54) is 27.2 Å².